The summed E-state index contributed by atoms with van der Waals surface area (Å²) >= 11 is 0. The van der Waals surface area contributed by atoms with E-state index in [9.17, 15) is 38.4 Å². The van der Waals surface area contributed by atoms with Crippen LogP contribution in [-0.2, 0) is 56.1 Å². The molecule has 17 heteroatoms. The van der Waals surface area contributed by atoms with E-state index >= 15 is 0 Å². The lowest BCUT2D eigenvalue weighted by molar-refractivity contribution is -0.143. The van der Waals surface area contributed by atoms with Gasteiger partial charge in [-0.25, -0.2) is 4.79 Å². The second-order valence-electron chi connectivity index (χ2n) is 15.7. The van der Waals surface area contributed by atoms with E-state index in [1.807, 2.05) is 74.5 Å². The Morgan fingerprint density at radius 3 is 2.02 bits per heavy atom. The minimum atomic E-state index is -1.33. The van der Waals surface area contributed by atoms with E-state index in [1.54, 1.807) is 37.3 Å². The molecule has 63 heavy (non-hydrogen) atoms. The lowest BCUT2D eigenvalue weighted by Gasteiger charge is -2.29. The molecular weight excluding hydrogens is 811 g/mol. The van der Waals surface area contributed by atoms with Gasteiger partial charge in [-0.05, 0) is 41.9 Å². The summed E-state index contributed by atoms with van der Waals surface area (Å²) in [7, 11) is 0. The van der Waals surface area contributed by atoms with E-state index in [2.05, 4.69) is 26.6 Å². The van der Waals surface area contributed by atoms with Crippen molar-refractivity contribution in [2.24, 2.45) is 11.7 Å². The summed E-state index contributed by atoms with van der Waals surface area (Å²) in [5, 5.41) is 12.8. The SMILES string of the molecule is CCCC(NC(=O)[C@@H]1C[C@@H](OCc2ccccc2)CN1C(=O)C(CCCNC(=O)Cc1ccccc1)NC(=O)OCC(C)C)C(=O)C(=O)NCC(=O)N[C@H](C(N)=O)c1ccccc1. The number of alkyl carbamates (subject to hydrolysis) is 1. The molecule has 0 bridgehead atoms. The van der Waals surface area contributed by atoms with Crippen LogP contribution in [0.4, 0.5) is 4.79 Å². The second-order valence-corrected chi connectivity index (χ2v) is 15.7. The number of nitrogens with two attached hydrogens (primary N) is 1. The van der Waals surface area contributed by atoms with Crippen molar-refractivity contribution in [2.75, 3.05) is 26.2 Å². The highest BCUT2D eigenvalue weighted by Gasteiger charge is 2.43. The maximum Gasteiger partial charge on any atom is 0.407 e. The molecule has 17 nitrogen and oxygen atoms in total. The number of hydrogen-bond acceptors (Lipinski definition) is 10. The summed E-state index contributed by atoms with van der Waals surface area (Å²) in [5.74, 6) is -5.32. The van der Waals surface area contributed by atoms with Gasteiger partial charge in [-0.1, -0.05) is 118 Å². The third-order valence-electron chi connectivity index (χ3n) is 10.1. The van der Waals surface area contributed by atoms with E-state index in [1.165, 1.54) is 4.90 Å². The number of nitrogens with one attached hydrogen (secondary N) is 5. The third kappa shape index (κ3) is 16.3. The topological polar surface area (TPSA) is 244 Å². The van der Waals surface area contributed by atoms with Crippen LogP contribution < -0.4 is 32.3 Å². The summed E-state index contributed by atoms with van der Waals surface area (Å²) in [6, 6.07) is 21.9. The first-order chi connectivity index (χ1) is 30.2. The lowest BCUT2D eigenvalue weighted by atomic mass is 10.0. The number of benzene rings is 3. The van der Waals surface area contributed by atoms with Crippen LogP contribution in [0.5, 0.6) is 0 Å². The lowest BCUT2D eigenvalue weighted by Crippen LogP contribution is -2.56. The molecule has 7 amide bonds. The van der Waals surface area contributed by atoms with E-state index < -0.39 is 78.2 Å². The molecule has 1 aliphatic heterocycles. The molecule has 2 unspecified atom stereocenters. The monoisotopic (exact) mass is 869 g/mol. The molecule has 1 fully saturated rings. The van der Waals surface area contributed by atoms with Gasteiger partial charge < -0.3 is 46.7 Å². The van der Waals surface area contributed by atoms with Gasteiger partial charge in [-0.3, -0.25) is 33.6 Å². The minimum Gasteiger partial charge on any atom is -0.449 e. The van der Waals surface area contributed by atoms with Gasteiger partial charge >= 0.3 is 6.09 Å². The summed E-state index contributed by atoms with van der Waals surface area (Å²) in [6.45, 7) is 5.27. The number of ether oxygens (including phenoxy) is 2. The molecule has 4 rings (SSSR count). The summed E-state index contributed by atoms with van der Waals surface area (Å²) in [4.78, 5) is 107. The van der Waals surface area contributed by atoms with Crippen molar-refractivity contribution in [3.63, 3.8) is 0 Å². The summed E-state index contributed by atoms with van der Waals surface area (Å²) in [5.41, 5.74) is 7.61. The Kier molecular flexibility index (Phi) is 19.7. The molecule has 1 aliphatic rings. The predicted octanol–water partition coefficient (Wildman–Crippen LogP) is 2.38. The Morgan fingerprint density at radius 1 is 0.762 bits per heavy atom. The molecule has 3 aromatic rings. The number of ketones is 1. The standard InChI is InChI=1S/C46H59N7O10/c1-4-15-35(41(56)44(59)49-26-39(55)52-40(42(47)57)33-20-12-7-13-21-33)50-43(58)37-25-34(62-29-32-18-10-6-11-19-32)27-53(37)45(60)36(51-46(61)63-28-30(2)3)22-14-23-48-38(54)24-31-16-8-5-9-17-31/h5-13,16-21,30,34-37,40H,4,14-15,22-29H2,1-3H3,(H2,47,57)(H,48,54)(H,49,59)(H,50,58)(H,51,61)(H,52,55)/t34-,35?,36?,37+,40+/m1/s1. The van der Waals surface area contributed by atoms with Crippen molar-refractivity contribution < 1.29 is 47.8 Å². The molecule has 1 heterocycles. The van der Waals surface area contributed by atoms with Gasteiger partial charge in [0.15, 0.2) is 0 Å². The van der Waals surface area contributed by atoms with Gasteiger partial charge in [-0.15, -0.1) is 0 Å². The second kappa shape index (κ2) is 25.3. The molecule has 1 saturated heterocycles. The van der Waals surface area contributed by atoms with Crippen LogP contribution in [0.3, 0.4) is 0 Å². The maximum atomic E-state index is 14.5. The maximum absolute atomic E-state index is 14.5. The fourth-order valence-corrected chi connectivity index (χ4v) is 6.87. The van der Waals surface area contributed by atoms with Gasteiger partial charge in [0.2, 0.25) is 35.3 Å². The van der Waals surface area contributed by atoms with Crippen molar-refractivity contribution in [3.05, 3.63) is 108 Å². The minimum absolute atomic E-state index is 0.0192. The highest BCUT2D eigenvalue weighted by atomic mass is 16.5. The highest BCUT2D eigenvalue weighted by molar-refractivity contribution is 6.38. The molecule has 7 N–H and O–H groups in total. The van der Waals surface area contributed by atoms with Crippen LogP contribution in [0.15, 0.2) is 91.0 Å². The molecule has 5 atom stereocenters. The number of rotatable bonds is 24. The van der Waals surface area contributed by atoms with E-state index in [0.29, 0.717) is 12.0 Å². The average Bonchev–Trinajstić information content (AvgIpc) is 3.71. The Hall–Kier alpha value is -6.62. The van der Waals surface area contributed by atoms with Crippen LogP contribution in [0.1, 0.15) is 75.6 Å². The number of nitrogens with zero attached hydrogens (tertiary/aromatic N) is 1. The van der Waals surface area contributed by atoms with E-state index in [0.717, 1.165) is 11.1 Å². The molecule has 338 valence electrons. The fourth-order valence-electron chi connectivity index (χ4n) is 6.87. The summed E-state index contributed by atoms with van der Waals surface area (Å²) in [6.07, 6.45) is -0.450. The third-order valence-corrected chi connectivity index (χ3v) is 10.1. The van der Waals surface area contributed by atoms with Crippen molar-refractivity contribution in [1.82, 2.24) is 31.5 Å². The van der Waals surface area contributed by atoms with E-state index in [-0.39, 0.29) is 70.2 Å². The van der Waals surface area contributed by atoms with Crippen LogP contribution in [0.2, 0.25) is 0 Å². The van der Waals surface area contributed by atoms with Gasteiger partial charge in [0.05, 0.1) is 38.3 Å². The zero-order chi connectivity index (χ0) is 45.7. The number of Topliss-reactive ketones (excluding diaryl/α,β-unsaturated/α-hetero) is 1. The molecule has 0 radical (unpaired) electrons. The van der Waals surface area contributed by atoms with Crippen LogP contribution in [0, 0.1) is 5.92 Å². The fraction of sp³-hybridized carbons (Fsp3) is 0.435. The van der Waals surface area contributed by atoms with Gasteiger partial charge in [0, 0.05) is 19.5 Å². The molecule has 3 aromatic carbocycles. The number of hydrogen-bond donors (Lipinski definition) is 6. The number of likely N-dealkylation sites (tertiary alicyclic amines) is 1. The zero-order valence-corrected chi connectivity index (χ0v) is 36.0. The molecule has 0 spiro atoms. The molecule has 0 saturated carbocycles. The number of carbonyl (C=O) groups is 8. The number of primary amides is 1. The smallest absolute Gasteiger partial charge is 0.407 e. The van der Waals surface area contributed by atoms with Crippen LogP contribution in [-0.4, -0.2) is 103 Å². The first kappa shape index (κ1) is 49.0. The van der Waals surface area contributed by atoms with Crippen LogP contribution >= 0.6 is 0 Å². The Morgan fingerprint density at radius 2 is 1.40 bits per heavy atom. The Labute approximate surface area is 367 Å². The average molecular weight is 870 g/mol. The zero-order valence-electron chi connectivity index (χ0n) is 36.0. The van der Waals surface area contributed by atoms with E-state index in [4.69, 9.17) is 15.2 Å². The number of carbonyl (C=O) groups excluding carboxylic acids is 8. The quantitative estimate of drug-likeness (QED) is 0.0567. The normalized spacial score (nSPS) is 15.9. The van der Waals surface area contributed by atoms with Crippen molar-refractivity contribution in [2.45, 2.75) is 96.2 Å². The van der Waals surface area contributed by atoms with Gasteiger partial charge in [0.1, 0.15) is 18.1 Å². The Bertz CT molecular complexity index is 2000. The largest absolute Gasteiger partial charge is 0.449 e. The van der Waals surface area contributed by atoms with Crippen LogP contribution in [0.25, 0.3) is 0 Å². The predicted molar refractivity (Wildman–Crippen MR) is 232 cm³/mol. The molecule has 0 aromatic heterocycles. The first-order valence-electron chi connectivity index (χ1n) is 21.2. The van der Waals surface area contributed by atoms with Crippen molar-refractivity contribution in [1.29, 1.82) is 0 Å². The van der Waals surface area contributed by atoms with Crippen molar-refractivity contribution >= 4 is 47.3 Å². The van der Waals surface area contributed by atoms with Gasteiger partial charge in [0.25, 0.3) is 5.91 Å². The number of amides is 7. The Balaban J connectivity index is 1.47. The highest BCUT2D eigenvalue weighted by Crippen LogP contribution is 2.24. The van der Waals surface area contributed by atoms with Gasteiger partial charge in [-0.2, -0.15) is 0 Å². The van der Waals surface area contributed by atoms with Crippen molar-refractivity contribution in [3.8, 4) is 0 Å². The molecule has 0 aliphatic carbocycles. The first-order valence-corrected chi connectivity index (χ1v) is 21.2. The molecular formula is C46H59N7O10. The summed E-state index contributed by atoms with van der Waals surface area (Å²) < 4.78 is 11.5.